The normalized spacial score (nSPS) is 11.5. The summed E-state index contributed by atoms with van der Waals surface area (Å²) in [6.07, 6.45) is 2.67. The summed E-state index contributed by atoms with van der Waals surface area (Å²) in [6, 6.07) is 15.4. The molecule has 9 nitrogen and oxygen atoms in total. The van der Waals surface area contributed by atoms with Crippen LogP contribution in [0.5, 0.6) is 11.6 Å². The number of ether oxygens (including phenoxy) is 1. The lowest BCUT2D eigenvalue weighted by atomic mass is 10.00. The summed E-state index contributed by atoms with van der Waals surface area (Å²) in [5.41, 5.74) is 4.40. The highest BCUT2D eigenvalue weighted by atomic mass is 32.2. The maximum absolute atomic E-state index is 12.9. The molecular formula is C25H28N6O3S. The fraction of sp³-hybridized carbons (Fsp3) is 0.240. The summed E-state index contributed by atoms with van der Waals surface area (Å²) in [5, 5.41) is 7.26. The van der Waals surface area contributed by atoms with Crippen LogP contribution >= 0.6 is 0 Å². The van der Waals surface area contributed by atoms with Gasteiger partial charge in [-0.2, -0.15) is 10.1 Å². The monoisotopic (exact) mass is 492 g/mol. The minimum Gasteiger partial charge on any atom is -0.439 e. The fourth-order valence-corrected chi connectivity index (χ4v) is 4.59. The van der Waals surface area contributed by atoms with Gasteiger partial charge in [-0.25, -0.2) is 18.1 Å². The lowest BCUT2D eigenvalue weighted by Crippen LogP contribution is -2.15. The van der Waals surface area contributed by atoms with Crippen LogP contribution in [0.2, 0.25) is 0 Å². The number of hydrogen-bond acceptors (Lipinski definition) is 7. The summed E-state index contributed by atoms with van der Waals surface area (Å²) in [7, 11) is -2.30. The standard InChI is InChI=1S/C25H28N6O3S/c1-16(2)27-19-9-11-20(12-10-19)34-23-13-22(24-17(3)7-6-8-18(24)4)28-25(29-23)30-35(32,33)21-14-26-31(5)15-21/h6-16,27H,1-5H3,(H,28,29,30). The molecule has 0 bridgehead atoms. The maximum atomic E-state index is 12.9. The minimum absolute atomic E-state index is 0.0109. The zero-order chi connectivity index (χ0) is 25.2. The summed E-state index contributed by atoms with van der Waals surface area (Å²) in [4.78, 5) is 8.86. The van der Waals surface area contributed by atoms with Gasteiger partial charge < -0.3 is 10.1 Å². The second kappa shape index (κ2) is 9.75. The van der Waals surface area contributed by atoms with E-state index in [2.05, 4.69) is 39.0 Å². The Morgan fingerprint density at radius 1 is 1.00 bits per heavy atom. The van der Waals surface area contributed by atoms with E-state index in [0.717, 1.165) is 22.4 Å². The quantitative estimate of drug-likeness (QED) is 0.360. The van der Waals surface area contributed by atoms with Crippen molar-refractivity contribution >= 4 is 21.7 Å². The molecule has 0 aliphatic rings. The van der Waals surface area contributed by atoms with Crippen molar-refractivity contribution in [2.45, 2.75) is 38.6 Å². The van der Waals surface area contributed by atoms with Crippen LogP contribution in [0.15, 0.2) is 65.8 Å². The molecule has 182 valence electrons. The molecular weight excluding hydrogens is 464 g/mol. The Morgan fingerprint density at radius 3 is 2.29 bits per heavy atom. The van der Waals surface area contributed by atoms with Crippen LogP contribution < -0.4 is 14.8 Å². The molecule has 4 rings (SSSR count). The van der Waals surface area contributed by atoms with Gasteiger partial charge in [-0.1, -0.05) is 18.2 Å². The molecule has 10 heteroatoms. The van der Waals surface area contributed by atoms with Gasteiger partial charge in [0.2, 0.25) is 11.8 Å². The summed E-state index contributed by atoms with van der Waals surface area (Å²) < 4.78 is 35.7. The Balaban J connectivity index is 1.73. The molecule has 0 unspecified atom stereocenters. The first-order chi connectivity index (χ1) is 16.6. The highest BCUT2D eigenvalue weighted by molar-refractivity contribution is 7.92. The number of anilines is 2. The SMILES string of the molecule is Cc1cccc(C)c1-c1cc(Oc2ccc(NC(C)C)cc2)nc(NS(=O)(=O)c2cnn(C)c2)n1. The molecule has 0 amide bonds. The molecule has 0 spiro atoms. The van der Waals surface area contributed by atoms with Crippen LogP contribution in [0.1, 0.15) is 25.0 Å². The summed E-state index contributed by atoms with van der Waals surface area (Å²) >= 11 is 0. The topological polar surface area (TPSA) is 111 Å². The van der Waals surface area contributed by atoms with Crippen molar-refractivity contribution in [2.24, 2.45) is 7.05 Å². The van der Waals surface area contributed by atoms with E-state index in [4.69, 9.17) is 4.74 Å². The first-order valence-electron chi connectivity index (χ1n) is 11.1. The zero-order valence-corrected chi connectivity index (χ0v) is 21.1. The van der Waals surface area contributed by atoms with Crippen LogP contribution in [0.4, 0.5) is 11.6 Å². The predicted molar refractivity (Wildman–Crippen MR) is 136 cm³/mol. The van der Waals surface area contributed by atoms with Gasteiger partial charge >= 0.3 is 0 Å². The molecule has 0 fully saturated rings. The predicted octanol–water partition coefficient (Wildman–Crippen LogP) is 4.91. The minimum atomic E-state index is -3.94. The van der Waals surface area contributed by atoms with E-state index in [0.29, 0.717) is 17.5 Å². The number of rotatable bonds is 8. The molecule has 2 N–H and O–H groups in total. The van der Waals surface area contributed by atoms with Crippen molar-refractivity contribution in [1.82, 2.24) is 19.7 Å². The van der Waals surface area contributed by atoms with Crippen molar-refractivity contribution < 1.29 is 13.2 Å². The Hall–Kier alpha value is -3.92. The molecule has 2 aromatic carbocycles. The highest BCUT2D eigenvalue weighted by Gasteiger charge is 2.20. The van der Waals surface area contributed by atoms with Crippen LogP contribution in [0.25, 0.3) is 11.3 Å². The highest BCUT2D eigenvalue weighted by Crippen LogP contribution is 2.31. The fourth-order valence-electron chi connectivity index (χ4n) is 3.66. The van der Waals surface area contributed by atoms with Gasteiger partial charge in [0.25, 0.3) is 10.0 Å². The van der Waals surface area contributed by atoms with Crippen molar-refractivity contribution in [3.8, 4) is 22.9 Å². The molecule has 4 aromatic rings. The zero-order valence-electron chi connectivity index (χ0n) is 20.3. The van der Waals surface area contributed by atoms with Gasteiger partial charge in [-0.3, -0.25) is 4.68 Å². The van der Waals surface area contributed by atoms with E-state index in [1.807, 2.05) is 56.3 Å². The number of nitrogens with zero attached hydrogens (tertiary/aromatic N) is 4. The van der Waals surface area contributed by atoms with E-state index in [9.17, 15) is 8.42 Å². The average molecular weight is 493 g/mol. The van der Waals surface area contributed by atoms with Crippen LogP contribution in [-0.4, -0.2) is 34.2 Å². The Bertz CT molecular complexity index is 1430. The van der Waals surface area contributed by atoms with Crippen LogP contribution in [0, 0.1) is 13.8 Å². The third kappa shape index (κ3) is 5.78. The first kappa shape index (κ1) is 24.2. The van der Waals surface area contributed by atoms with Crippen molar-refractivity contribution in [3.05, 3.63) is 72.1 Å². The lowest BCUT2D eigenvalue weighted by molar-refractivity contribution is 0.463. The lowest BCUT2D eigenvalue weighted by Gasteiger charge is -2.14. The van der Waals surface area contributed by atoms with Gasteiger partial charge in [0.05, 0.1) is 11.9 Å². The molecule has 2 heterocycles. The number of aryl methyl sites for hydroxylation is 3. The molecule has 0 radical (unpaired) electrons. The maximum Gasteiger partial charge on any atom is 0.267 e. The van der Waals surface area contributed by atoms with E-state index in [-0.39, 0.29) is 16.7 Å². The molecule has 0 aliphatic carbocycles. The Kier molecular flexibility index (Phi) is 6.74. The molecule has 0 saturated carbocycles. The number of benzene rings is 2. The van der Waals surface area contributed by atoms with Crippen molar-refractivity contribution in [2.75, 3.05) is 10.0 Å². The van der Waals surface area contributed by atoms with Gasteiger partial charge in [0.1, 0.15) is 10.6 Å². The first-order valence-corrected chi connectivity index (χ1v) is 12.6. The third-order valence-electron chi connectivity index (χ3n) is 5.19. The summed E-state index contributed by atoms with van der Waals surface area (Å²) in [6.45, 7) is 8.08. The number of aromatic nitrogens is 4. The van der Waals surface area contributed by atoms with E-state index in [1.165, 1.54) is 17.1 Å². The molecule has 35 heavy (non-hydrogen) atoms. The molecule has 0 aliphatic heterocycles. The van der Waals surface area contributed by atoms with Crippen LogP contribution in [0.3, 0.4) is 0 Å². The molecule has 0 saturated heterocycles. The van der Waals surface area contributed by atoms with Crippen molar-refractivity contribution in [1.29, 1.82) is 0 Å². The van der Waals surface area contributed by atoms with Crippen molar-refractivity contribution in [3.63, 3.8) is 0 Å². The Labute approximate surface area is 205 Å². The number of hydrogen-bond donors (Lipinski definition) is 2. The summed E-state index contributed by atoms with van der Waals surface area (Å²) in [5.74, 6) is 0.680. The van der Waals surface area contributed by atoms with E-state index in [1.54, 1.807) is 13.1 Å². The Morgan fingerprint density at radius 2 is 1.69 bits per heavy atom. The van der Waals surface area contributed by atoms with Gasteiger partial charge in [-0.05, 0) is 63.1 Å². The molecule has 0 atom stereocenters. The van der Waals surface area contributed by atoms with Gasteiger partial charge in [-0.15, -0.1) is 0 Å². The van der Waals surface area contributed by atoms with E-state index < -0.39 is 10.0 Å². The largest absolute Gasteiger partial charge is 0.439 e. The smallest absolute Gasteiger partial charge is 0.267 e. The van der Waals surface area contributed by atoms with E-state index >= 15 is 0 Å². The average Bonchev–Trinajstić information content (AvgIpc) is 3.22. The van der Waals surface area contributed by atoms with Gasteiger partial charge in [0.15, 0.2) is 0 Å². The van der Waals surface area contributed by atoms with Gasteiger partial charge in [0, 0.05) is 36.6 Å². The second-order valence-corrected chi connectivity index (χ2v) is 10.2. The number of nitrogens with one attached hydrogen (secondary N) is 2. The molecule has 2 aromatic heterocycles. The second-order valence-electron chi connectivity index (χ2n) is 8.56. The third-order valence-corrected chi connectivity index (χ3v) is 6.47. The van der Waals surface area contributed by atoms with Crippen LogP contribution in [-0.2, 0) is 17.1 Å². The number of sulfonamides is 1.